The number of hydrogen-bond donors (Lipinski definition) is 4. The lowest BCUT2D eigenvalue weighted by Crippen LogP contribution is -2.26. The van der Waals surface area contributed by atoms with Gasteiger partial charge in [0, 0.05) is 24.6 Å². The Morgan fingerprint density at radius 3 is 2.54 bits per heavy atom. The van der Waals surface area contributed by atoms with Gasteiger partial charge in [-0.1, -0.05) is 0 Å². The highest BCUT2D eigenvalue weighted by Crippen LogP contribution is 2.05. The molecule has 0 fully saturated rings. The van der Waals surface area contributed by atoms with Gasteiger partial charge in [0.2, 0.25) is 0 Å². The van der Waals surface area contributed by atoms with Crippen LogP contribution in [0.3, 0.4) is 0 Å². The molecule has 0 aromatic heterocycles. The Hall–Kier alpha value is -0.550. The molecule has 4 nitrogen and oxygen atoms in total. The van der Waals surface area contributed by atoms with Crippen LogP contribution in [0.1, 0.15) is 19.8 Å². The third kappa shape index (κ3) is 5.65. The summed E-state index contributed by atoms with van der Waals surface area (Å²) in [4.78, 5) is 10.4. The van der Waals surface area contributed by atoms with Gasteiger partial charge < -0.3 is 15.8 Å². The van der Waals surface area contributed by atoms with E-state index in [2.05, 4.69) is 17.9 Å². The topological polar surface area (TPSA) is 73.2 Å². The normalized spacial score (nSPS) is 15.0. The summed E-state index contributed by atoms with van der Waals surface area (Å²) >= 11 is 3.86. The van der Waals surface area contributed by atoms with Crippen molar-refractivity contribution in [2.45, 2.75) is 31.1 Å². The average molecular weight is 204 g/mol. The molecule has 5 heteroatoms. The van der Waals surface area contributed by atoms with Crippen LogP contribution in [0.5, 0.6) is 0 Å². The molecule has 76 valence electrons. The standard InChI is InChI=1S/C8H16N2O2S/c1-5(10-2)3-6(9)4-7(13)8(11)12/h5,7,9-10,13H,3-4H2,1-2H3,(H,11,12)/t5?,7-/m0/s1. The van der Waals surface area contributed by atoms with Crippen molar-refractivity contribution in [3.05, 3.63) is 0 Å². The summed E-state index contributed by atoms with van der Waals surface area (Å²) in [7, 11) is 1.81. The summed E-state index contributed by atoms with van der Waals surface area (Å²) in [6.45, 7) is 1.95. The van der Waals surface area contributed by atoms with Crippen LogP contribution in [0.15, 0.2) is 0 Å². The van der Waals surface area contributed by atoms with E-state index in [1.807, 2.05) is 14.0 Å². The summed E-state index contributed by atoms with van der Waals surface area (Å²) in [6, 6.07) is 0.210. The van der Waals surface area contributed by atoms with Gasteiger partial charge >= 0.3 is 5.97 Å². The highest BCUT2D eigenvalue weighted by molar-refractivity contribution is 7.81. The Balaban J connectivity index is 3.81. The summed E-state index contributed by atoms with van der Waals surface area (Å²) < 4.78 is 0. The fourth-order valence-electron chi connectivity index (χ4n) is 0.876. The first-order valence-corrected chi connectivity index (χ1v) is 4.63. The van der Waals surface area contributed by atoms with Gasteiger partial charge in [-0.05, 0) is 14.0 Å². The molecular weight excluding hydrogens is 188 g/mol. The van der Waals surface area contributed by atoms with Gasteiger partial charge in [-0.2, -0.15) is 12.6 Å². The molecule has 0 saturated heterocycles. The van der Waals surface area contributed by atoms with Crippen molar-refractivity contribution in [1.82, 2.24) is 5.32 Å². The van der Waals surface area contributed by atoms with Crippen LogP contribution in [-0.2, 0) is 4.79 Å². The summed E-state index contributed by atoms with van der Waals surface area (Å²) in [5.41, 5.74) is 0.421. The number of carboxylic acid groups (broad SMARTS) is 1. The second-order valence-electron chi connectivity index (χ2n) is 3.06. The number of carboxylic acids is 1. The first kappa shape index (κ1) is 12.4. The van der Waals surface area contributed by atoms with Crippen LogP contribution in [0.2, 0.25) is 0 Å². The number of aliphatic carboxylic acids is 1. The van der Waals surface area contributed by atoms with Gasteiger partial charge in [0.15, 0.2) is 0 Å². The third-order valence-electron chi connectivity index (χ3n) is 1.77. The van der Waals surface area contributed by atoms with Gasteiger partial charge in [0.25, 0.3) is 0 Å². The van der Waals surface area contributed by atoms with E-state index in [-0.39, 0.29) is 12.5 Å². The second kappa shape index (κ2) is 5.99. The molecule has 0 aliphatic heterocycles. The van der Waals surface area contributed by atoms with E-state index in [4.69, 9.17) is 10.5 Å². The van der Waals surface area contributed by atoms with Crippen molar-refractivity contribution in [3.8, 4) is 0 Å². The zero-order valence-corrected chi connectivity index (χ0v) is 8.77. The van der Waals surface area contributed by atoms with E-state index >= 15 is 0 Å². The zero-order chi connectivity index (χ0) is 10.4. The number of hydrogen-bond acceptors (Lipinski definition) is 4. The Bertz CT molecular complexity index is 197. The van der Waals surface area contributed by atoms with Crippen LogP contribution in [0.25, 0.3) is 0 Å². The van der Waals surface area contributed by atoms with Gasteiger partial charge in [-0.3, -0.25) is 4.79 Å². The number of thiol groups is 1. The lowest BCUT2D eigenvalue weighted by molar-refractivity contribution is -0.136. The minimum absolute atomic E-state index is 0.210. The summed E-state index contributed by atoms with van der Waals surface area (Å²) in [5.74, 6) is -0.967. The molecule has 3 N–H and O–H groups in total. The molecule has 1 unspecified atom stereocenters. The predicted octanol–water partition coefficient (Wildman–Crippen LogP) is 0.777. The molecule has 0 saturated carbocycles. The summed E-state index contributed by atoms with van der Waals surface area (Å²) in [5, 5.41) is 18.3. The average Bonchev–Trinajstić information content (AvgIpc) is 2.03. The Morgan fingerprint density at radius 2 is 2.15 bits per heavy atom. The molecule has 2 atom stereocenters. The van der Waals surface area contributed by atoms with E-state index in [1.54, 1.807) is 0 Å². The molecule has 0 heterocycles. The number of rotatable bonds is 6. The molecule has 0 aliphatic carbocycles. The van der Waals surface area contributed by atoms with E-state index in [0.29, 0.717) is 12.1 Å². The number of nitrogens with one attached hydrogen (secondary N) is 2. The minimum atomic E-state index is -0.967. The first-order chi connectivity index (χ1) is 5.97. The monoisotopic (exact) mass is 204 g/mol. The highest BCUT2D eigenvalue weighted by atomic mass is 32.1. The van der Waals surface area contributed by atoms with Crippen molar-refractivity contribution < 1.29 is 9.90 Å². The van der Waals surface area contributed by atoms with Gasteiger partial charge in [0.1, 0.15) is 5.25 Å². The van der Waals surface area contributed by atoms with E-state index in [0.717, 1.165) is 0 Å². The maximum atomic E-state index is 10.4. The molecule has 0 rings (SSSR count). The third-order valence-corrected chi connectivity index (χ3v) is 2.17. The van der Waals surface area contributed by atoms with Crippen LogP contribution in [0, 0.1) is 5.41 Å². The van der Waals surface area contributed by atoms with Crippen molar-refractivity contribution in [3.63, 3.8) is 0 Å². The number of carbonyl (C=O) groups is 1. The SMILES string of the molecule is CNC(C)CC(=N)C[C@H](S)C(=O)O. The molecule has 0 spiro atoms. The first-order valence-electron chi connectivity index (χ1n) is 4.11. The van der Waals surface area contributed by atoms with Gasteiger partial charge in [-0.25, -0.2) is 0 Å². The highest BCUT2D eigenvalue weighted by Gasteiger charge is 2.15. The fourth-order valence-corrected chi connectivity index (χ4v) is 1.10. The maximum absolute atomic E-state index is 10.4. The zero-order valence-electron chi connectivity index (χ0n) is 7.87. The molecule has 0 aromatic carbocycles. The quantitative estimate of drug-likeness (QED) is 0.381. The Labute approximate surface area is 83.6 Å². The molecule has 13 heavy (non-hydrogen) atoms. The summed E-state index contributed by atoms with van der Waals surface area (Å²) in [6.07, 6.45) is 0.783. The largest absolute Gasteiger partial charge is 0.480 e. The molecule has 0 bridgehead atoms. The van der Waals surface area contributed by atoms with Crippen LogP contribution in [0.4, 0.5) is 0 Å². The maximum Gasteiger partial charge on any atom is 0.316 e. The smallest absolute Gasteiger partial charge is 0.316 e. The molecule has 0 radical (unpaired) electrons. The van der Waals surface area contributed by atoms with E-state index < -0.39 is 11.2 Å². The van der Waals surface area contributed by atoms with Crippen LogP contribution >= 0.6 is 12.6 Å². The predicted molar refractivity (Wildman–Crippen MR) is 55.9 cm³/mol. The molecular formula is C8H16N2O2S. The lowest BCUT2D eigenvalue weighted by atomic mass is 10.1. The lowest BCUT2D eigenvalue weighted by Gasteiger charge is -2.12. The molecule has 0 amide bonds. The molecule has 0 aromatic rings. The molecule has 0 aliphatic rings. The van der Waals surface area contributed by atoms with Gasteiger partial charge in [0.05, 0.1) is 0 Å². The van der Waals surface area contributed by atoms with Crippen molar-refractivity contribution in [1.29, 1.82) is 5.41 Å². The fraction of sp³-hybridized carbons (Fsp3) is 0.750. The van der Waals surface area contributed by atoms with Crippen molar-refractivity contribution in [2.24, 2.45) is 0 Å². The second-order valence-corrected chi connectivity index (χ2v) is 3.68. The Morgan fingerprint density at radius 1 is 1.62 bits per heavy atom. The Kier molecular flexibility index (Phi) is 5.73. The van der Waals surface area contributed by atoms with Crippen LogP contribution in [-0.4, -0.2) is 35.1 Å². The van der Waals surface area contributed by atoms with Gasteiger partial charge in [-0.15, -0.1) is 0 Å². The minimum Gasteiger partial charge on any atom is -0.480 e. The van der Waals surface area contributed by atoms with Crippen molar-refractivity contribution in [2.75, 3.05) is 7.05 Å². The van der Waals surface area contributed by atoms with E-state index in [1.165, 1.54) is 0 Å². The van der Waals surface area contributed by atoms with Crippen molar-refractivity contribution >= 4 is 24.3 Å². The van der Waals surface area contributed by atoms with E-state index in [9.17, 15) is 4.79 Å². The van der Waals surface area contributed by atoms with Crippen LogP contribution < -0.4 is 5.32 Å².